The number of benzene rings is 3. The zero-order valence-electron chi connectivity index (χ0n) is 18.0. The molecule has 0 atom stereocenters. The maximum absolute atomic E-state index is 13.1. The van der Waals surface area contributed by atoms with Gasteiger partial charge in [-0.05, 0) is 41.0 Å². The molecular weight excluding hydrogens is 421 g/mol. The van der Waals surface area contributed by atoms with Crippen molar-refractivity contribution in [2.75, 3.05) is 13.1 Å². The summed E-state index contributed by atoms with van der Waals surface area (Å²) < 4.78 is 13.1. The number of hydrogen-bond acceptors (Lipinski definition) is 3. The van der Waals surface area contributed by atoms with Crippen molar-refractivity contribution in [1.29, 1.82) is 0 Å². The molecule has 6 nitrogen and oxygen atoms in total. The number of piperazine rings is 1. The molecule has 1 N–H and O–H groups in total. The first-order valence-corrected chi connectivity index (χ1v) is 10.7. The van der Waals surface area contributed by atoms with E-state index in [2.05, 4.69) is 5.32 Å². The van der Waals surface area contributed by atoms with Crippen LogP contribution in [-0.4, -0.2) is 40.6 Å². The lowest BCUT2D eigenvalue weighted by Crippen LogP contribution is -2.53. The Bertz CT molecular complexity index is 1130. The molecule has 1 aliphatic rings. The minimum absolute atomic E-state index is 0.175. The lowest BCUT2D eigenvalue weighted by molar-refractivity contribution is -0.156. The van der Waals surface area contributed by atoms with E-state index < -0.39 is 11.8 Å². The van der Waals surface area contributed by atoms with Crippen LogP contribution in [0.1, 0.15) is 27.0 Å². The highest BCUT2D eigenvalue weighted by Crippen LogP contribution is 2.15. The second kappa shape index (κ2) is 10.1. The molecule has 1 saturated heterocycles. The van der Waals surface area contributed by atoms with Gasteiger partial charge in [-0.1, -0.05) is 54.6 Å². The number of carbonyl (C=O) groups is 3. The minimum atomic E-state index is -0.567. The van der Waals surface area contributed by atoms with Gasteiger partial charge in [0.2, 0.25) is 0 Å². The second-order valence-corrected chi connectivity index (χ2v) is 7.95. The molecule has 3 aromatic rings. The third kappa shape index (κ3) is 5.63. The third-order valence-corrected chi connectivity index (χ3v) is 5.57. The lowest BCUT2D eigenvalue weighted by atomic mass is 10.1. The largest absolute Gasteiger partial charge is 0.348 e. The highest BCUT2D eigenvalue weighted by molar-refractivity contribution is 6.35. The molecule has 1 heterocycles. The summed E-state index contributed by atoms with van der Waals surface area (Å²) in [6, 6.07) is 22.6. The molecular formula is C26H24FN3O3. The molecule has 33 heavy (non-hydrogen) atoms. The summed E-state index contributed by atoms with van der Waals surface area (Å²) in [5.41, 5.74) is 3.15. The van der Waals surface area contributed by atoms with Crippen LogP contribution in [0.2, 0.25) is 0 Å². The van der Waals surface area contributed by atoms with E-state index in [0.717, 1.165) is 16.7 Å². The van der Waals surface area contributed by atoms with Crippen LogP contribution in [-0.2, 0) is 29.2 Å². The maximum Gasteiger partial charge on any atom is 0.312 e. The Balaban J connectivity index is 1.30. The van der Waals surface area contributed by atoms with Crippen molar-refractivity contribution in [1.82, 2.24) is 15.1 Å². The molecule has 0 unspecified atom stereocenters. The number of hydrogen-bond donors (Lipinski definition) is 1. The van der Waals surface area contributed by atoms with Crippen molar-refractivity contribution in [3.8, 4) is 0 Å². The van der Waals surface area contributed by atoms with Crippen LogP contribution >= 0.6 is 0 Å². The first kappa shape index (κ1) is 22.2. The summed E-state index contributed by atoms with van der Waals surface area (Å²) in [4.78, 5) is 40.5. The number of carbonyl (C=O) groups excluding carboxylic acids is 3. The Labute approximate surface area is 191 Å². The molecule has 0 bridgehead atoms. The van der Waals surface area contributed by atoms with Crippen LogP contribution in [0.4, 0.5) is 4.39 Å². The number of rotatable bonds is 7. The number of nitrogens with one attached hydrogen (secondary N) is 1. The molecule has 0 aliphatic carbocycles. The molecule has 3 aromatic carbocycles. The minimum Gasteiger partial charge on any atom is -0.348 e. The monoisotopic (exact) mass is 445 g/mol. The first-order valence-electron chi connectivity index (χ1n) is 10.7. The molecule has 168 valence electrons. The van der Waals surface area contributed by atoms with Gasteiger partial charge >= 0.3 is 11.8 Å². The fraction of sp³-hybridized carbons (Fsp3) is 0.192. The predicted octanol–water partition coefficient (Wildman–Crippen LogP) is 3.13. The fourth-order valence-electron chi connectivity index (χ4n) is 3.69. The number of halogens is 1. The molecule has 7 heteroatoms. The number of amides is 3. The van der Waals surface area contributed by atoms with Crippen LogP contribution in [0.5, 0.6) is 0 Å². The topological polar surface area (TPSA) is 69.7 Å². The highest BCUT2D eigenvalue weighted by atomic mass is 19.1. The van der Waals surface area contributed by atoms with E-state index in [9.17, 15) is 18.8 Å². The van der Waals surface area contributed by atoms with Gasteiger partial charge in [-0.2, -0.15) is 0 Å². The summed E-state index contributed by atoms with van der Waals surface area (Å²) in [5.74, 6) is -1.65. The number of nitrogens with zero attached hydrogens (tertiary/aromatic N) is 2. The van der Waals surface area contributed by atoms with E-state index in [4.69, 9.17) is 0 Å². The summed E-state index contributed by atoms with van der Waals surface area (Å²) in [5, 5.41) is 2.88. The summed E-state index contributed by atoms with van der Waals surface area (Å²) in [6.45, 7) is 1.82. The average molecular weight is 445 g/mol. The van der Waals surface area contributed by atoms with Gasteiger partial charge in [0.15, 0.2) is 0 Å². The van der Waals surface area contributed by atoms with Crippen LogP contribution in [0.15, 0.2) is 78.9 Å². The molecule has 0 aromatic heterocycles. The van der Waals surface area contributed by atoms with Crippen molar-refractivity contribution in [2.24, 2.45) is 0 Å². The molecule has 1 aliphatic heterocycles. The standard InChI is InChI=1S/C26H24FN3O3/c27-23-12-8-21(9-13-23)18-30-15-14-29(25(32)26(30)33)17-20-6-10-22(11-7-20)24(31)28-16-19-4-2-1-3-5-19/h1-13H,14-18H2,(H,28,31). The van der Waals surface area contributed by atoms with E-state index in [0.29, 0.717) is 31.7 Å². The van der Waals surface area contributed by atoms with Crippen LogP contribution in [0.25, 0.3) is 0 Å². The van der Waals surface area contributed by atoms with Gasteiger partial charge < -0.3 is 15.1 Å². The summed E-state index contributed by atoms with van der Waals surface area (Å²) in [7, 11) is 0. The Hall–Kier alpha value is -4.00. The first-order chi connectivity index (χ1) is 16.0. The van der Waals surface area contributed by atoms with Crippen LogP contribution < -0.4 is 5.32 Å². The Morgan fingerprint density at radius 1 is 0.727 bits per heavy atom. The van der Waals surface area contributed by atoms with Gasteiger partial charge in [-0.15, -0.1) is 0 Å². The molecule has 4 rings (SSSR count). The van der Waals surface area contributed by atoms with Crippen molar-refractivity contribution in [3.05, 3.63) is 107 Å². The SMILES string of the molecule is O=C(NCc1ccccc1)c1ccc(CN2CCN(Cc3ccc(F)cc3)C(=O)C2=O)cc1. The van der Waals surface area contributed by atoms with Gasteiger partial charge in [0.25, 0.3) is 5.91 Å². The molecule has 0 saturated carbocycles. The fourth-order valence-corrected chi connectivity index (χ4v) is 3.69. The third-order valence-electron chi connectivity index (χ3n) is 5.57. The Kier molecular flexibility index (Phi) is 6.78. The quantitative estimate of drug-likeness (QED) is 0.568. The zero-order valence-corrected chi connectivity index (χ0v) is 18.0. The van der Waals surface area contributed by atoms with E-state index in [1.165, 1.54) is 21.9 Å². The van der Waals surface area contributed by atoms with Gasteiger partial charge in [0, 0.05) is 38.3 Å². The molecule has 0 radical (unpaired) electrons. The summed E-state index contributed by atoms with van der Waals surface area (Å²) >= 11 is 0. The average Bonchev–Trinajstić information content (AvgIpc) is 2.84. The van der Waals surface area contributed by atoms with Crippen molar-refractivity contribution in [3.63, 3.8) is 0 Å². The Morgan fingerprint density at radius 3 is 1.79 bits per heavy atom. The van der Waals surface area contributed by atoms with E-state index in [1.54, 1.807) is 36.4 Å². The predicted molar refractivity (Wildman–Crippen MR) is 121 cm³/mol. The molecule has 0 spiro atoms. The van der Waals surface area contributed by atoms with Crippen molar-refractivity contribution >= 4 is 17.7 Å². The van der Waals surface area contributed by atoms with Gasteiger partial charge in [0.05, 0.1) is 0 Å². The van der Waals surface area contributed by atoms with Crippen LogP contribution in [0.3, 0.4) is 0 Å². The van der Waals surface area contributed by atoms with Gasteiger partial charge in [-0.3, -0.25) is 14.4 Å². The van der Waals surface area contributed by atoms with Crippen LogP contribution in [0, 0.1) is 5.82 Å². The Morgan fingerprint density at radius 2 is 1.24 bits per heavy atom. The van der Waals surface area contributed by atoms with Gasteiger partial charge in [-0.25, -0.2) is 4.39 Å². The second-order valence-electron chi connectivity index (χ2n) is 7.95. The maximum atomic E-state index is 13.1. The smallest absolute Gasteiger partial charge is 0.312 e. The lowest BCUT2D eigenvalue weighted by Gasteiger charge is -2.33. The highest BCUT2D eigenvalue weighted by Gasteiger charge is 2.32. The van der Waals surface area contributed by atoms with Crippen molar-refractivity contribution < 1.29 is 18.8 Å². The zero-order chi connectivity index (χ0) is 23.2. The van der Waals surface area contributed by atoms with E-state index in [1.807, 2.05) is 30.3 Å². The van der Waals surface area contributed by atoms with E-state index >= 15 is 0 Å². The normalized spacial score (nSPS) is 13.8. The van der Waals surface area contributed by atoms with E-state index in [-0.39, 0.29) is 18.3 Å². The van der Waals surface area contributed by atoms with Crippen molar-refractivity contribution in [2.45, 2.75) is 19.6 Å². The van der Waals surface area contributed by atoms with Gasteiger partial charge in [0.1, 0.15) is 5.82 Å². The summed E-state index contributed by atoms with van der Waals surface area (Å²) in [6.07, 6.45) is 0. The molecule has 1 fully saturated rings. The molecule has 3 amide bonds.